The van der Waals surface area contributed by atoms with Crippen molar-refractivity contribution < 1.29 is 28.5 Å². The van der Waals surface area contributed by atoms with Gasteiger partial charge in [0.05, 0.1) is 12.1 Å². The minimum Gasteiger partial charge on any atom is -0.484 e. The molecular weight excluding hydrogens is 366 g/mol. The van der Waals surface area contributed by atoms with Gasteiger partial charge in [-0.3, -0.25) is 9.69 Å². The summed E-state index contributed by atoms with van der Waals surface area (Å²) >= 11 is 0. The van der Waals surface area contributed by atoms with Crippen LogP contribution in [0, 0.1) is 0 Å². The van der Waals surface area contributed by atoms with E-state index in [1.165, 1.54) is 6.26 Å². The molecule has 3 heterocycles. The van der Waals surface area contributed by atoms with Crippen molar-refractivity contribution in [2.45, 2.75) is 38.6 Å². The lowest BCUT2D eigenvalue weighted by Gasteiger charge is -2.19. The molecule has 1 saturated heterocycles. The minimum absolute atomic E-state index is 0.0695. The third-order valence-corrected chi connectivity index (χ3v) is 4.85. The molecular formula is C19H23N3O6. The van der Waals surface area contributed by atoms with Crippen LogP contribution in [0.1, 0.15) is 30.2 Å². The molecule has 0 spiro atoms. The normalized spacial score (nSPS) is 21.3. The number of carbonyl (C=O) groups is 1. The van der Waals surface area contributed by atoms with E-state index in [0.717, 1.165) is 0 Å². The molecule has 2 aromatic rings. The van der Waals surface area contributed by atoms with E-state index in [9.17, 15) is 9.90 Å². The van der Waals surface area contributed by atoms with Gasteiger partial charge in [0.2, 0.25) is 12.7 Å². The molecule has 4 rings (SSSR count). The zero-order valence-corrected chi connectivity index (χ0v) is 15.8. The predicted octanol–water partition coefficient (Wildman–Crippen LogP) is 1.17. The molecule has 9 heteroatoms. The SMILES string of the molecule is CC(C)N1C[C@H](NC(=O)c2coc(COc3ccc4c(c3)OCO4)n2)[C@@H](O)C1. The number of amides is 1. The first kappa shape index (κ1) is 18.6. The van der Waals surface area contributed by atoms with Gasteiger partial charge >= 0.3 is 0 Å². The number of ether oxygens (including phenoxy) is 3. The van der Waals surface area contributed by atoms with Crippen molar-refractivity contribution in [1.29, 1.82) is 0 Å². The van der Waals surface area contributed by atoms with Crippen LogP contribution in [0.5, 0.6) is 17.2 Å². The van der Waals surface area contributed by atoms with Crippen molar-refractivity contribution in [2.75, 3.05) is 19.9 Å². The summed E-state index contributed by atoms with van der Waals surface area (Å²) in [6.07, 6.45) is 0.682. The largest absolute Gasteiger partial charge is 0.484 e. The van der Waals surface area contributed by atoms with Crippen molar-refractivity contribution in [3.63, 3.8) is 0 Å². The van der Waals surface area contributed by atoms with Gasteiger partial charge in [-0.2, -0.15) is 0 Å². The van der Waals surface area contributed by atoms with Gasteiger partial charge in [0.25, 0.3) is 5.91 Å². The number of aliphatic hydroxyl groups is 1. The van der Waals surface area contributed by atoms with Crippen LogP contribution in [-0.2, 0) is 6.61 Å². The summed E-state index contributed by atoms with van der Waals surface area (Å²) in [5, 5.41) is 13.0. The number of fused-ring (bicyclic) bond motifs is 1. The lowest BCUT2D eigenvalue weighted by atomic mass is 10.2. The van der Waals surface area contributed by atoms with Crippen LogP contribution in [0.2, 0.25) is 0 Å². The highest BCUT2D eigenvalue weighted by atomic mass is 16.7. The molecule has 1 aromatic heterocycles. The Hall–Kier alpha value is -2.78. The second kappa shape index (κ2) is 7.69. The van der Waals surface area contributed by atoms with Crippen LogP contribution in [0.3, 0.4) is 0 Å². The van der Waals surface area contributed by atoms with Gasteiger partial charge in [-0.15, -0.1) is 0 Å². The molecule has 2 aliphatic rings. The molecule has 150 valence electrons. The number of nitrogens with one attached hydrogen (secondary N) is 1. The molecule has 1 aromatic carbocycles. The maximum absolute atomic E-state index is 12.4. The standard InChI is InChI=1S/C19H23N3O6/c1-11(2)22-6-13(15(23)7-22)21-19(24)14-8-26-18(20-14)9-25-12-3-4-16-17(5-12)28-10-27-16/h3-5,8,11,13,15,23H,6-7,9-10H2,1-2H3,(H,21,24)/t13-,15-/m0/s1. The second-order valence-electron chi connectivity index (χ2n) is 7.13. The van der Waals surface area contributed by atoms with Gasteiger partial charge in [0.1, 0.15) is 12.0 Å². The number of oxazole rings is 1. The van der Waals surface area contributed by atoms with Crippen LogP contribution < -0.4 is 19.5 Å². The minimum atomic E-state index is -0.605. The molecule has 1 amide bonds. The van der Waals surface area contributed by atoms with E-state index in [-0.39, 0.29) is 36.9 Å². The Kier molecular flexibility index (Phi) is 5.10. The van der Waals surface area contributed by atoms with E-state index >= 15 is 0 Å². The number of nitrogens with zero attached hydrogens (tertiary/aromatic N) is 2. The monoisotopic (exact) mass is 389 g/mol. The number of rotatable bonds is 6. The molecule has 0 radical (unpaired) electrons. The van der Waals surface area contributed by atoms with Gasteiger partial charge in [0, 0.05) is 25.2 Å². The number of benzene rings is 1. The number of β-amino-alcohol motifs (C(OH)–C–C–N with tert-alkyl or cyclic N) is 1. The van der Waals surface area contributed by atoms with Gasteiger partial charge < -0.3 is 29.1 Å². The second-order valence-corrected chi connectivity index (χ2v) is 7.13. The first-order valence-corrected chi connectivity index (χ1v) is 9.19. The Bertz CT molecular complexity index is 852. The summed E-state index contributed by atoms with van der Waals surface area (Å²) < 4.78 is 21.5. The maximum Gasteiger partial charge on any atom is 0.273 e. The Morgan fingerprint density at radius 3 is 2.96 bits per heavy atom. The van der Waals surface area contributed by atoms with Crippen molar-refractivity contribution in [1.82, 2.24) is 15.2 Å². The van der Waals surface area contributed by atoms with Gasteiger partial charge in [-0.05, 0) is 26.0 Å². The Balaban J connectivity index is 1.32. The summed E-state index contributed by atoms with van der Waals surface area (Å²) in [6, 6.07) is 5.22. The van der Waals surface area contributed by atoms with Gasteiger partial charge in [-0.25, -0.2) is 4.98 Å². The summed E-state index contributed by atoms with van der Waals surface area (Å²) in [6.45, 7) is 5.52. The molecule has 9 nitrogen and oxygen atoms in total. The summed E-state index contributed by atoms with van der Waals surface area (Å²) in [5.74, 6) is 1.77. The average molecular weight is 389 g/mol. The quantitative estimate of drug-likeness (QED) is 0.758. The first-order chi connectivity index (χ1) is 13.5. The molecule has 2 N–H and O–H groups in total. The molecule has 0 bridgehead atoms. The number of aromatic nitrogens is 1. The van der Waals surface area contributed by atoms with Crippen LogP contribution >= 0.6 is 0 Å². The number of likely N-dealkylation sites (tertiary alicyclic amines) is 1. The Morgan fingerprint density at radius 1 is 1.36 bits per heavy atom. The van der Waals surface area contributed by atoms with Crippen molar-refractivity contribution in [3.8, 4) is 17.2 Å². The molecule has 2 aliphatic heterocycles. The fourth-order valence-electron chi connectivity index (χ4n) is 3.22. The summed E-state index contributed by atoms with van der Waals surface area (Å²) in [7, 11) is 0. The van der Waals surface area contributed by atoms with Crippen molar-refractivity contribution in [2.24, 2.45) is 0 Å². The third kappa shape index (κ3) is 3.90. The van der Waals surface area contributed by atoms with Crippen LogP contribution in [0.4, 0.5) is 0 Å². The highest BCUT2D eigenvalue weighted by Gasteiger charge is 2.34. The van der Waals surface area contributed by atoms with Gasteiger partial charge in [0.15, 0.2) is 23.8 Å². The van der Waals surface area contributed by atoms with E-state index < -0.39 is 6.10 Å². The van der Waals surface area contributed by atoms with E-state index in [1.807, 2.05) is 0 Å². The Labute approximate surface area is 162 Å². The van der Waals surface area contributed by atoms with Gasteiger partial charge in [-0.1, -0.05) is 0 Å². The molecule has 2 atom stereocenters. The number of carbonyl (C=O) groups excluding carboxylic acids is 1. The number of hydrogen-bond donors (Lipinski definition) is 2. The number of aliphatic hydroxyl groups excluding tert-OH is 1. The lowest BCUT2D eigenvalue weighted by Crippen LogP contribution is -2.43. The number of hydrogen-bond acceptors (Lipinski definition) is 8. The summed E-state index contributed by atoms with van der Waals surface area (Å²) in [4.78, 5) is 18.7. The topological polar surface area (TPSA) is 106 Å². The fourth-order valence-corrected chi connectivity index (χ4v) is 3.22. The van der Waals surface area contributed by atoms with Crippen molar-refractivity contribution >= 4 is 5.91 Å². The highest BCUT2D eigenvalue weighted by molar-refractivity contribution is 5.92. The fraction of sp³-hybridized carbons (Fsp3) is 0.474. The van der Waals surface area contributed by atoms with Crippen molar-refractivity contribution in [3.05, 3.63) is 36.0 Å². The predicted molar refractivity (Wildman–Crippen MR) is 97.4 cm³/mol. The zero-order valence-electron chi connectivity index (χ0n) is 15.8. The molecule has 28 heavy (non-hydrogen) atoms. The van der Waals surface area contributed by atoms with Crippen LogP contribution in [0.25, 0.3) is 0 Å². The molecule has 0 unspecified atom stereocenters. The summed E-state index contributed by atoms with van der Waals surface area (Å²) in [5.41, 5.74) is 0.152. The molecule has 0 saturated carbocycles. The smallest absolute Gasteiger partial charge is 0.273 e. The Morgan fingerprint density at radius 2 is 2.18 bits per heavy atom. The maximum atomic E-state index is 12.4. The molecule has 1 fully saturated rings. The molecule has 0 aliphatic carbocycles. The highest BCUT2D eigenvalue weighted by Crippen LogP contribution is 2.35. The van der Waals surface area contributed by atoms with E-state index in [4.69, 9.17) is 18.6 Å². The lowest BCUT2D eigenvalue weighted by molar-refractivity contribution is 0.0883. The zero-order chi connectivity index (χ0) is 19.7. The van der Waals surface area contributed by atoms with Crippen LogP contribution in [0.15, 0.2) is 28.9 Å². The van der Waals surface area contributed by atoms with E-state index in [2.05, 4.69) is 29.0 Å². The first-order valence-electron chi connectivity index (χ1n) is 9.19. The third-order valence-electron chi connectivity index (χ3n) is 4.85. The van der Waals surface area contributed by atoms with Crippen LogP contribution in [-0.4, -0.2) is 59.0 Å². The average Bonchev–Trinajstić information content (AvgIpc) is 3.39. The van der Waals surface area contributed by atoms with E-state index in [0.29, 0.717) is 36.4 Å². The van der Waals surface area contributed by atoms with E-state index in [1.54, 1.807) is 18.2 Å².